The molecule has 1 spiro atoms. The highest BCUT2D eigenvalue weighted by Crippen LogP contribution is 2.53. The van der Waals surface area contributed by atoms with E-state index < -0.39 is 0 Å². The van der Waals surface area contributed by atoms with Crippen molar-refractivity contribution in [2.45, 2.75) is 66.2 Å². The van der Waals surface area contributed by atoms with Gasteiger partial charge in [-0.1, -0.05) is 27.7 Å². The van der Waals surface area contributed by atoms with Crippen LogP contribution in [-0.2, 0) is 9.59 Å². The van der Waals surface area contributed by atoms with Gasteiger partial charge in [0.25, 0.3) is 0 Å². The van der Waals surface area contributed by atoms with E-state index in [0.29, 0.717) is 17.8 Å². The molecule has 2 amide bonds. The molecule has 3 heteroatoms. The molecule has 0 bridgehead atoms. The third-order valence-electron chi connectivity index (χ3n) is 5.14. The number of rotatable bonds is 2. The normalized spacial score (nSPS) is 29.6. The molecule has 0 aromatic carbocycles. The summed E-state index contributed by atoms with van der Waals surface area (Å²) in [5, 5.41) is 2.55. The van der Waals surface area contributed by atoms with E-state index in [-0.39, 0.29) is 23.1 Å². The van der Waals surface area contributed by atoms with Crippen LogP contribution in [0.25, 0.3) is 0 Å². The maximum Gasteiger partial charge on any atom is 0.230 e. The molecule has 1 unspecified atom stereocenters. The monoisotopic (exact) mass is 265 g/mol. The SMILES string of the molecule is CC(C)CC1C(=O)NC(=O)CC12CCC(C)(C)CC2. The van der Waals surface area contributed by atoms with Crippen molar-refractivity contribution in [1.29, 1.82) is 0 Å². The van der Waals surface area contributed by atoms with Gasteiger partial charge in [0.2, 0.25) is 11.8 Å². The van der Waals surface area contributed by atoms with Crippen molar-refractivity contribution in [1.82, 2.24) is 5.32 Å². The van der Waals surface area contributed by atoms with Gasteiger partial charge in [-0.15, -0.1) is 0 Å². The van der Waals surface area contributed by atoms with E-state index in [2.05, 4.69) is 33.0 Å². The van der Waals surface area contributed by atoms with Crippen LogP contribution in [-0.4, -0.2) is 11.8 Å². The van der Waals surface area contributed by atoms with Gasteiger partial charge < -0.3 is 0 Å². The Bertz CT molecular complexity index is 374. The maximum atomic E-state index is 12.2. The van der Waals surface area contributed by atoms with Crippen LogP contribution >= 0.6 is 0 Å². The quantitative estimate of drug-likeness (QED) is 0.779. The Kier molecular flexibility index (Phi) is 3.76. The van der Waals surface area contributed by atoms with Gasteiger partial charge in [0.05, 0.1) is 0 Å². The van der Waals surface area contributed by atoms with E-state index in [1.54, 1.807) is 0 Å². The zero-order valence-electron chi connectivity index (χ0n) is 12.7. The first kappa shape index (κ1) is 14.5. The van der Waals surface area contributed by atoms with Crippen LogP contribution in [0, 0.1) is 22.7 Å². The summed E-state index contributed by atoms with van der Waals surface area (Å²) in [5.74, 6) is 0.437. The Morgan fingerprint density at radius 2 is 1.74 bits per heavy atom. The molecule has 2 rings (SSSR count). The third-order valence-corrected chi connectivity index (χ3v) is 5.14. The van der Waals surface area contributed by atoms with Gasteiger partial charge in [-0.2, -0.15) is 0 Å². The van der Waals surface area contributed by atoms with Gasteiger partial charge in [-0.05, 0) is 48.9 Å². The molecule has 19 heavy (non-hydrogen) atoms. The number of imide groups is 1. The summed E-state index contributed by atoms with van der Waals surface area (Å²) in [6, 6.07) is 0. The second-order valence-electron chi connectivity index (χ2n) is 7.80. The van der Waals surface area contributed by atoms with Crippen LogP contribution in [0.2, 0.25) is 0 Å². The highest BCUT2D eigenvalue weighted by atomic mass is 16.2. The summed E-state index contributed by atoms with van der Waals surface area (Å²) in [6.07, 6.45) is 5.75. The van der Waals surface area contributed by atoms with E-state index in [1.165, 1.54) is 0 Å². The second-order valence-corrected chi connectivity index (χ2v) is 7.80. The van der Waals surface area contributed by atoms with Crippen molar-refractivity contribution in [3.8, 4) is 0 Å². The molecule has 1 saturated carbocycles. The second kappa shape index (κ2) is 4.92. The molecule has 1 aliphatic carbocycles. The lowest BCUT2D eigenvalue weighted by molar-refractivity contribution is -0.147. The lowest BCUT2D eigenvalue weighted by Gasteiger charge is -2.49. The number of amides is 2. The molecule has 2 aliphatic rings. The van der Waals surface area contributed by atoms with Crippen molar-refractivity contribution in [2.75, 3.05) is 0 Å². The number of hydrogen-bond donors (Lipinski definition) is 1. The van der Waals surface area contributed by atoms with E-state index in [0.717, 1.165) is 32.1 Å². The Morgan fingerprint density at radius 3 is 2.26 bits per heavy atom. The standard InChI is InChI=1S/C16H27NO2/c1-11(2)9-12-14(19)17-13(18)10-16(12)7-5-15(3,4)6-8-16/h11-12H,5-10H2,1-4H3,(H,17,18,19). The zero-order valence-corrected chi connectivity index (χ0v) is 12.7. The first-order valence-corrected chi connectivity index (χ1v) is 7.58. The number of hydrogen-bond acceptors (Lipinski definition) is 2. The average Bonchev–Trinajstić information content (AvgIpc) is 2.28. The minimum Gasteiger partial charge on any atom is -0.296 e. The van der Waals surface area contributed by atoms with Crippen molar-refractivity contribution >= 4 is 11.8 Å². The van der Waals surface area contributed by atoms with Gasteiger partial charge in [0.15, 0.2) is 0 Å². The fourth-order valence-corrected chi connectivity index (χ4v) is 3.77. The highest BCUT2D eigenvalue weighted by Gasteiger charge is 2.50. The lowest BCUT2D eigenvalue weighted by atomic mass is 9.56. The summed E-state index contributed by atoms with van der Waals surface area (Å²) < 4.78 is 0. The minimum atomic E-state index is -0.0651. The van der Waals surface area contributed by atoms with E-state index >= 15 is 0 Å². The minimum absolute atomic E-state index is 0.0235. The van der Waals surface area contributed by atoms with Crippen molar-refractivity contribution < 1.29 is 9.59 Å². The smallest absolute Gasteiger partial charge is 0.230 e. The molecule has 0 aromatic rings. The Hall–Kier alpha value is -0.860. The summed E-state index contributed by atoms with van der Waals surface area (Å²) in [4.78, 5) is 24.1. The van der Waals surface area contributed by atoms with Crippen LogP contribution < -0.4 is 5.32 Å². The van der Waals surface area contributed by atoms with Gasteiger partial charge >= 0.3 is 0 Å². The van der Waals surface area contributed by atoms with Crippen LogP contribution in [0.1, 0.15) is 66.2 Å². The zero-order chi connectivity index (χ0) is 14.3. The van der Waals surface area contributed by atoms with Gasteiger partial charge in [0.1, 0.15) is 0 Å². The first-order chi connectivity index (χ1) is 8.74. The number of piperidine rings is 1. The predicted octanol–water partition coefficient (Wildman–Crippen LogP) is 3.28. The molecule has 108 valence electrons. The largest absolute Gasteiger partial charge is 0.296 e. The summed E-state index contributed by atoms with van der Waals surface area (Å²) >= 11 is 0. The fourth-order valence-electron chi connectivity index (χ4n) is 3.77. The summed E-state index contributed by atoms with van der Waals surface area (Å²) in [5.41, 5.74) is 0.309. The molecule has 1 aliphatic heterocycles. The summed E-state index contributed by atoms with van der Waals surface area (Å²) in [6.45, 7) is 8.90. The topological polar surface area (TPSA) is 46.2 Å². The van der Waals surface area contributed by atoms with E-state index in [1.807, 2.05) is 0 Å². The van der Waals surface area contributed by atoms with Gasteiger partial charge in [0, 0.05) is 12.3 Å². The molecule has 3 nitrogen and oxygen atoms in total. The molecule has 1 N–H and O–H groups in total. The Morgan fingerprint density at radius 1 is 1.16 bits per heavy atom. The number of carbonyl (C=O) groups is 2. The van der Waals surface area contributed by atoms with Gasteiger partial charge in [-0.3, -0.25) is 14.9 Å². The van der Waals surface area contributed by atoms with Crippen LogP contribution in [0.4, 0.5) is 0 Å². The molecular formula is C16H27NO2. The van der Waals surface area contributed by atoms with Crippen molar-refractivity contribution in [3.63, 3.8) is 0 Å². The number of carbonyl (C=O) groups excluding carboxylic acids is 2. The van der Waals surface area contributed by atoms with Crippen molar-refractivity contribution in [2.24, 2.45) is 22.7 Å². The Balaban J connectivity index is 2.22. The fraction of sp³-hybridized carbons (Fsp3) is 0.875. The van der Waals surface area contributed by atoms with Gasteiger partial charge in [-0.25, -0.2) is 0 Å². The Labute approximate surface area is 116 Å². The first-order valence-electron chi connectivity index (χ1n) is 7.58. The predicted molar refractivity (Wildman–Crippen MR) is 75.4 cm³/mol. The third kappa shape index (κ3) is 3.01. The molecule has 1 saturated heterocycles. The molecule has 1 heterocycles. The average molecular weight is 265 g/mol. The molecule has 0 aromatic heterocycles. The van der Waals surface area contributed by atoms with Crippen molar-refractivity contribution in [3.05, 3.63) is 0 Å². The van der Waals surface area contributed by atoms with E-state index in [4.69, 9.17) is 0 Å². The van der Waals surface area contributed by atoms with Crippen LogP contribution in [0.3, 0.4) is 0 Å². The highest BCUT2D eigenvalue weighted by molar-refractivity contribution is 5.99. The van der Waals surface area contributed by atoms with Crippen LogP contribution in [0.15, 0.2) is 0 Å². The number of nitrogens with one attached hydrogen (secondary N) is 1. The van der Waals surface area contributed by atoms with E-state index in [9.17, 15) is 9.59 Å². The lowest BCUT2D eigenvalue weighted by Crippen LogP contribution is -2.54. The maximum absolute atomic E-state index is 12.2. The summed E-state index contributed by atoms with van der Waals surface area (Å²) in [7, 11) is 0. The molecule has 1 atom stereocenters. The molecule has 0 radical (unpaired) electrons. The molecule has 2 fully saturated rings. The van der Waals surface area contributed by atoms with Crippen LogP contribution in [0.5, 0.6) is 0 Å². The molecular weight excluding hydrogens is 238 g/mol.